The molecule has 0 aromatic carbocycles. The summed E-state index contributed by atoms with van der Waals surface area (Å²) < 4.78 is 26.5. The van der Waals surface area contributed by atoms with Gasteiger partial charge in [-0.2, -0.15) is 4.31 Å². The lowest BCUT2D eigenvalue weighted by atomic mass is 10.3. The van der Waals surface area contributed by atoms with Crippen LogP contribution in [0.5, 0.6) is 0 Å². The molecule has 1 saturated heterocycles. The van der Waals surface area contributed by atoms with Crippen molar-refractivity contribution >= 4 is 27.4 Å². The summed E-state index contributed by atoms with van der Waals surface area (Å²) in [5, 5.41) is 0.169. The SMILES string of the molecule is Nc1ncc(S(=O)(=O)N2CCN(C3CC3)CC2)cc1Cl. The molecule has 2 heterocycles. The van der Waals surface area contributed by atoms with E-state index in [1.807, 2.05) is 0 Å². The van der Waals surface area contributed by atoms with Crippen LogP contribution in [0.4, 0.5) is 5.82 Å². The van der Waals surface area contributed by atoms with E-state index in [0.717, 1.165) is 13.1 Å². The third-order valence-corrected chi connectivity index (χ3v) is 5.99. The van der Waals surface area contributed by atoms with Gasteiger partial charge < -0.3 is 5.73 Å². The Morgan fingerprint density at radius 3 is 2.45 bits per heavy atom. The monoisotopic (exact) mass is 316 g/mol. The minimum absolute atomic E-state index is 0.108. The lowest BCUT2D eigenvalue weighted by Crippen LogP contribution is -2.49. The number of hydrogen-bond donors (Lipinski definition) is 1. The number of anilines is 1. The summed E-state index contributed by atoms with van der Waals surface area (Å²) in [7, 11) is -3.53. The van der Waals surface area contributed by atoms with Crippen LogP contribution in [0, 0.1) is 0 Å². The fourth-order valence-electron chi connectivity index (χ4n) is 2.47. The number of nitrogen functional groups attached to an aromatic ring is 1. The molecule has 6 nitrogen and oxygen atoms in total. The Labute approximate surface area is 123 Å². The number of halogens is 1. The van der Waals surface area contributed by atoms with Crippen LogP contribution in [0.1, 0.15) is 12.8 Å². The van der Waals surface area contributed by atoms with Crippen LogP contribution in [0.3, 0.4) is 0 Å². The molecule has 0 radical (unpaired) electrons. The zero-order valence-corrected chi connectivity index (χ0v) is 12.6. The molecule has 3 rings (SSSR count). The Hall–Kier alpha value is -0.890. The Kier molecular flexibility index (Phi) is 3.62. The van der Waals surface area contributed by atoms with Crippen LogP contribution in [0.25, 0.3) is 0 Å². The van der Waals surface area contributed by atoms with Crippen LogP contribution in [0.2, 0.25) is 5.02 Å². The molecule has 1 aromatic heterocycles. The maximum atomic E-state index is 12.5. The van der Waals surface area contributed by atoms with Gasteiger partial charge in [0.2, 0.25) is 10.0 Å². The number of nitrogens with two attached hydrogens (primary N) is 1. The zero-order chi connectivity index (χ0) is 14.3. The Morgan fingerprint density at radius 1 is 1.25 bits per heavy atom. The normalized spacial score (nSPS) is 22.1. The van der Waals surface area contributed by atoms with Crippen molar-refractivity contribution in [2.24, 2.45) is 0 Å². The predicted octanol–water partition coefficient (Wildman–Crippen LogP) is 0.786. The van der Waals surface area contributed by atoms with Crippen molar-refractivity contribution in [1.82, 2.24) is 14.2 Å². The first kappa shape index (κ1) is 14.1. The quantitative estimate of drug-likeness (QED) is 0.891. The number of sulfonamides is 1. The van der Waals surface area contributed by atoms with E-state index in [1.54, 1.807) is 0 Å². The molecule has 110 valence electrons. The standard InChI is InChI=1S/C12H17ClN4O2S/c13-11-7-10(8-15-12(11)14)20(18,19)17-5-3-16(4-6-17)9-1-2-9/h7-9H,1-6H2,(H2,14,15). The van der Waals surface area contributed by atoms with E-state index in [9.17, 15) is 8.42 Å². The Balaban J connectivity index is 1.76. The first-order chi connectivity index (χ1) is 9.48. The van der Waals surface area contributed by atoms with Crippen molar-refractivity contribution in [2.45, 2.75) is 23.8 Å². The third kappa shape index (κ3) is 2.63. The molecule has 1 aliphatic heterocycles. The molecule has 0 spiro atoms. The van der Waals surface area contributed by atoms with Crippen molar-refractivity contribution in [3.8, 4) is 0 Å². The van der Waals surface area contributed by atoms with Crippen LogP contribution < -0.4 is 5.73 Å². The maximum Gasteiger partial charge on any atom is 0.244 e. The minimum Gasteiger partial charge on any atom is -0.382 e. The van der Waals surface area contributed by atoms with Crippen molar-refractivity contribution in [3.63, 3.8) is 0 Å². The lowest BCUT2D eigenvalue weighted by molar-refractivity contribution is 0.180. The van der Waals surface area contributed by atoms with E-state index in [1.165, 1.54) is 29.4 Å². The average Bonchev–Trinajstić information content (AvgIpc) is 3.26. The van der Waals surface area contributed by atoms with Crippen LogP contribution in [-0.2, 0) is 10.0 Å². The molecule has 1 aliphatic carbocycles. The molecule has 8 heteroatoms. The smallest absolute Gasteiger partial charge is 0.244 e. The fraction of sp³-hybridized carbons (Fsp3) is 0.583. The summed E-state index contributed by atoms with van der Waals surface area (Å²) in [4.78, 5) is 6.29. The van der Waals surface area contributed by atoms with Gasteiger partial charge in [-0.3, -0.25) is 4.90 Å². The van der Waals surface area contributed by atoms with Gasteiger partial charge in [-0.1, -0.05) is 11.6 Å². The summed E-state index contributed by atoms with van der Waals surface area (Å²) in [6.45, 7) is 2.61. The lowest BCUT2D eigenvalue weighted by Gasteiger charge is -2.33. The van der Waals surface area contributed by atoms with Gasteiger partial charge in [0.05, 0.1) is 5.02 Å². The molecule has 2 aliphatic rings. The number of hydrogen-bond acceptors (Lipinski definition) is 5. The first-order valence-electron chi connectivity index (χ1n) is 6.64. The second-order valence-electron chi connectivity index (χ2n) is 5.21. The highest BCUT2D eigenvalue weighted by Crippen LogP contribution is 2.29. The van der Waals surface area contributed by atoms with Gasteiger partial charge in [-0.15, -0.1) is 0 Å². The zero-order valence-electron chi connectivity index (χ0n) is 11.0. The first-order valence-corrected chi connectivity index (χ1v) is 8.45. The number of rotatable bonds is 3. The number of nitrogens with zero attached hydrogens (tertiary/aromatic N) is 3. The number of piperazine rings is 1. The van der Waals surface area contributed by atoms with Gasteiger partial charge in [0.1, 0.15) is 10.7 Å². The largest absolute Gasteiger partial charge is 0.382 e. The molecule has 1 saturated carbocycles. The van der Waals surface area contributed by atoms with E-state index in [0.29, 0.717) is 19.1 Å². The summed E-state index contributed by atoms with van der Waals surface area (Å²) in [6.07, 6.45) is 3.75. The molecule has 20 heavy (non-hydrogen) atoms. The van der Waals surface area contributed by atoms with Gasteiger partial charge in [-0.25, -0.2) is 13.4 Å². The molecule has 2 N–H and O–H groups in total. The van der Waals surface area contributed by atoms with Crippen LogP contribution >= 0.6 is 11.6 Å². The van der Waals surface area contributed by atoms with Crippen LogP contribution in [-0.4, -0.2) is 54.8 Å². The van der Waals surface area contributed by atoms with Gasteiger partial charge in [0.25, 0.3) is 0 Å². The highest BCUT2D eigenvalue weighted by Gasteiger charge is 2.35. The van der Waals surface area contributed by atoms with E-state index in [-0.39, 0.29) is 15.7 Å². The van der Waals surface area contributed by atoms with Gasteiger partial charge in [0.15, 0.2) is 0 Å². The van der Waals surface area contributed by atoms with Crippen LogP contribution in [0.15, 0.2) is 17.2 Å². The van der Waals surface area contributed by atoms with Crippen molar-refractivity contribution in [1.29, 1.82) is 0 Å². The van der Waals surface area contributed by atoms with E-state index in [4.69, 9.17) is 17.3 Å². The number of aromatic nitrogens is 1. The Morgan fingerprint density at radius 2 is 1.90 bits per heavy atom. The third-order valence-electron chi connectivity index (χ3n) is 3.82. The minimum atomic E-state index is -3.53. The predicted molar refractivity (Wildman–Crippen MR) is 77.0 cm³/mol. The average molecular weight is 317 g/mol. The Bertz CT molecular complexity index is 610. The van der Waals surface area contributed by atoms with Gasteiger partial charge in [0, 0.05) is 38.4 Å². The molecule has 1 aromatic rings. The molecule has 2 fully saturated rings. The van der Waals surface area contributed by atoms with E-state index >= 15 is 0 Å². The van der Waals surface area contributed by atoms with Gasteiger partial charge >= 0.3 is 0 Å². The summed E-state index contributed by atoms with van der Waals surface area (Å²) in [5.41, 5.74) is 5.51. The highest BCUT2D eigenvalue weighted by atomic mass is 35.5. The molecule has 0 bridgehead atoms. The fourth-order valence-corrected chi connectivity index (χ4v) is 4.10. The highest BCUT2D eigenvalue weighted by molar-refractivity contribution is 7.89. The maximum absolute atomic E-state index is 12.5. The molecule has 0 atom stereocenters. The van der Waals surface area contributed by atoms with E-state index in [2.05, 4.69) is 9.88 Å². The summed E-state index contributed by atoms with van der Waals surface area (Å²) in [6, 6.07) is 2.04. The summed E-state index contributed by atoms with van der Waals surface area (Å²) in [5.74, 6) is 0.143. The van der Waals surface area contributed by atoms with Crippen molar-refractivity contribution in [3.05, 3.63) is 17.3 Å². The van der Waals surface area contributed by atoms with Crippen molar-refractivity contribution in [2.75, 3.05) is 31.9 Å². The second kappa shape index (κ2) is 5.14. The van der Waals surface area contributed by atoms with E-state index < -0.39 is 10.0 Å². The summed E-state index contributed by atoms with van der Waals surface area (Å²) >= 11 is 5.85. The number of pyridine rings is 1. The van der Waals surface area contributed by atoms with Crippen molar-refractivity contribution < 1.29 is 8.42 Å². The molecule has 0 unspecified atom stereocenters. The van der Waals surface area contributed by atoms with Gasteiger partial charge in [-0.05, 0) is 18.9 Å². The second-order valence-corrected chi connectivity index (χ2v) is 7.55. The molecule has 0 amide bonds. The molecular weight excluding hydrogens is 300 g/mol. The topological polar surface area (TPSA) is 79.5 Å². The molecular formula is C12H17ClN4O2S.